The van der Waals surface area contributed by atoms with Gasteiger partial charge < -0.3 is 0 Å². The van der Waals surface area contributed by atoms with Crippen molar-refractivity contribution in [3.63, 3.8) is 0 Å². The maximum atomic E-state index is 2.35. The lowest BCUT2D eigenvalue weighted by Gasteiger charge is -2.06. The molecular formula is C17H16. The van der Waals surface area contributed by atoms with E-state index >= 15 is 0 Å². The third-order valence-corrected chi connectivity index (χ3v) is 3.43. The second-order valence-corrected chi connectivity index (χ2v) is 4.85. The fourth-order valence-corrected chi connectivity index (χ4v) is 2.61. The lowest BCUT2D eigenvalue weighted by atomic mass is 9.98. The third-order valence-electron chi connectivity index (χ3n) is 3.43. The second-order valence-electron chi connectivity index (χ2n) is 4.85. The highest BCUT2D eigenvalue weighted by molar-refractivity contribution is 5.90. The van der Waals surface area contributed by atoms with Gasteiger partial charge in [-0.3, -0.25) is 0 Å². The number of hydrogen-bond donors (Lipinski definition) is 0. The molecule has 17 heavy (non-hydrogen) atoms. The standard InChI is InChI=1S/C17H16/c1-12-9-13(2)17(10-12)16-8-7-14-5-3-4-6-15(14)11-16/h3-12H,1-2H3. The summed E-state index contributed by atoms with van der Waals surface area (Å²) in [6.07, 6.45) is 4.67. The highest BCUT2D eigenvalue weighted by atomic mass is 14.2. The first-order valence-corrected chi connectivity index (χ1v) is 6.14. The van der Waals surface area contributed by atoms with Gasteiger partial charge in [-0.2, -0.15) is 0 Å². The molecule has 0 amide bonds. The summed E-state index contributed by atoms with van der Waals surface area (Å²) >= 11 is 0. The van der Waals surface area contributed by atoms with Crippen LogP contribution in [0.2, 0.25) is 0 Å². The van der Waals surface area contributed by atoms with Crippen LogP contribution in [0.15, 0.2) is 60.2 Å². The van der Waals surface area contributed by atoms with Gasteiger partial charge in [-0.15, -0.1) is 0 Å². The number of hydrogen-bond acceptors (Lipinski definition) is 0. The average Bonchev–Trinajstić information content (AvgIpc) is 2.68. The molecule has 0 heteroatoms. The van der Waals surface area contributed by atoms with Crippen molar-refractivity contribution in [1.29, 1.82) is 0 Å². The molecule has 0 radical (unpaired) electrons. The molecule has 0 saturated heterocycles. The summed E-state index contributed by atoms with van der Waals surface area (Å²) in [5.41, 5.74) is 4.12. The Morgan fingerprint density at radius 1 is 0.882 bits per heavy atom. The SMILES string of the molecule is CC1=CC(C)C=C1c1ccc2ccccc2c1. The Hall–Kier alpha value is -1.82. The monoisotopic (exact) mass is 220 g/mol. The molecule has 1 aliphatic carbocycles. The van der Waals surface area contributed by atoms with Gasteiger partial charge in [0.05, 0.1) is 0 Å². The van der Waals surface area contributed by atoms with E-state index in [-0.39, 0.29) is 0 Å². The number of fused-ring (bicyclic) bond motifs is 1. The summed E-state index contributed by atoms with van der Waals surface area (Å²) < 4.78 is 0. The first-order chi connectivity index (χ1) is 8.24. The topological polar surface area (TPSA) is 0 Å². The Labute approximate surface area is 102 Å². The van der Waals surface area contributed by atoms with Gasteiger partial charge >= 0.3 is 0 Å². The van der Waals surface area contributed by atoms with E-state index < -0.39 is 0 Å². The Bertz CT molecular complexity index is 629. The summed E-state index contributed by atoms with van der Waals surface area (Å²) in [5, 5.41) is 2.63. The molecule has 0 bridgehead atoms. The minimum atomic E-state index is 0.566. The number of benzene rings is 2. The molecule has 2 aromatic rings. The van der Waals surface area contributed by atoms with Crippen molar-refractivity contribution in [3.05, 3.63) is 65.8 Å². The van der Waals surface area contributed by atoms with Crippen LogP contribution in [0.25, 0.3) is 16.3 Å². The van der Waals surface area contributed by atoms with Crippen LogP contribution in [-0.2, 0) is 0 Å². The van der Waals surface area contributed by atoms with Gasteiger partial charge in [0.15, 0.2) is 0 Å². The molecule has 0 N–H and O–H groups in total. The summed E-state index contributed by atoms with van der Waals surface area (Å²) in [7, 11) is 0. The minimum Gasteiger partial charge on any atom is -0.0743 e. The predicted molar refractivity (Wildman–Crippen MR) is 74.8 cm³/mol. The van der Waals surface area contributed by atoms with E-state index in [1.807, 2.05) is 0 Å². The summed E-state index contributed by atoms with van der Waals surface area (Å²) in [4.78, 5) is 0. The van der Waals surface area contributed by atoms with Crippen LogP contribution in [0.1, 0.15) is 19.4 Å². The Morgan fingerprint density at radius 2 is 1.65 bits per heavy atom. The van der Waals surface area contributed by atoms with Crippen LogP contribution in [-0.4, -0.2) is 0 Å². The van der Waals surface area contributed by atoms with Crippen LogP contribution in [0.4, 0.5) is 0 Å². The van der Waals surface area contributed by atoms with Crippen LogP contribution in [0, 0.1) is 5.92 Å². The number of rotatable bonds is 1. The van der Waals surface area contributed by atoms with E-state index in [4.69, 9.17) is 0 Å². The fourth-order valence-electron chi connectivity index (χ4n) is 2.61. The smallest absolute Gasteiger partial charge is 0.00666 e. The Kier molecular flexibility index (Phi) is 2.36. The van der Waals surface area contributed by atoms with Crippen molar-refractivity contribution in [2.75, 3.05) is 0 Å². The quantitative estimate of drug-likeness (QED) is 0.646. The van der Waals surface area contributed by atoms with E-state index in [0.29, 0.717) is 5.92 Å². The molecule has 1 unspecified atom stereocenters. The molecule has 0 aromatic heterocycles. The molecule has 0 heterocycles. The zero-order valence-corrected chi connectivity index (χ0v) is 10.3. The predicted octanol–water partition coefficient (Wildman–Crippen LogP) is 4.82. The summed E-state index contributed by atoms with van der Waals surface area (Å²) in [6, 6.07) is 15.2. The maximum absolute atomic E-state index is 2.35. The summed E-state index contributed by atoms with van der Waals surface area (Å²) in [6.45, 7) is 4.43. The zero-order chi connectivity index (χ0) is 11.8. The zero-order valence-electron chi connectivity index (χ0n) is 10.3. The van der Waals surface area contributed by atoms with Gasteiger partial charge in [0, 0.05) is 0 Å². The molecule has 0 fully saturated rings. The molecule has 2 aromatic carbocycles. The van der Waals surface area contributed by atoms with Crippen LogP contribution >= 0.6 is 0 Å². The highest BCUT2D eigenvalue weighted by Gasteiger charge is 2.12. The molecule has 1 aliphatic rings. The molecule has 3 rings (SSSR count). The van der Waals surface area contributed by atoms with Crippen molar-refractivity contribution in [2.45, 2.75) is 13.8 Å². The van der Waals surface area contributed by atoms with Gasteiger partial charge in [0.1, 0.15) is 0 Å². The molecule has 0 nitrogen and oxygen atoms in total. The van der Waals surface area contributed by atoms with E-state index in [0.717, 1.165) is 0 Å². The van der Waals surface area contributed by atoms with Gasteiger partial charge in [-0.05, 0) is 46.4 Å². The van der Waals surface area contributed by atoms with Crippen molar-refractivity contribution in [1.82, 2.24) is 0 Å². The van der Waals surface area contributed by atoms with E-state index in [1.54, 1.807) is 0 Å². The van der Waals surface area contributed by atoms with Gasteiger partial charge in [0.2, 0.25) is 0 Å². The highest BCUT2D eigenvalue weighted by Crippen LogP contribution is 2.32. The van der Waals surface area contributed by atoms with Gasteiger partial charge in [-0.1, -0.05) is 55.5 Å². The Balaban J connectivity index is 2.13. The molecule has 0 saturated carbocycles. The van der Waals surface area contributed by atoms with E-state index in [2.05, 4.69) is 68.5 Å². The average molecular weight is 220 g/mol. The molecule has 0 aliphatic heterocycles. The first kappa shape index (κ1) is 10.3. The van der Waals surface area contributed by atoms with Crippen molar-refractivity contribution in [2.24, 2.45) is 5.92 Å². The van der Waals surface area contributed by atoms with Crippen LogP contribution in [0.5, 0.6) is 0 Å². The number of allylic oxidation sites excluding steroid dienone is 4. The van der Waals surface area contributed by atoms with Crippen molar-refractivity contribution < 1.29 is 0 Å². The van der Waals surface area contributed by atoms with Gasteiger partial charge in [-0.25, -0.2) is 0 Å². The van der Waals surface area contributed by atoms with E-state index in [9.17, 15) is 0 Å². The van der Waals surface area contributed by atoms with Crippen molar-refractivity contribution in [3.8, 4) is 0 Å². The Morgan fingerprint density at radius 3 is 2.35 bits per heavy atom. The minimum absolute atomic E-state index is 0.566. The van der Waals surface area contributed by atoms with E-state index in [1.165, 1.54) is 27.5 Å². The van der Waals surface area contributed by atoms with Gasteiger partial charge in [0.25, 0.3) is 0 Å². The normalized spacial score (nSPS) is 19.3. The molecular weight excluding hydrogens is 204 g/mol. The maximum Gasteiger partial charge on any atom is -0.00666 e. The molecule has 0 spiro atoms. The third kappa shape index (κ3) is 1.80. The largest absolute Gasteiger partial charge is 0.0743 e. The van der Waals surface area contributed by atoms with Crippen LogP contribution < -0.4 is 0 Å². The van der Waals surface area contributed by atoms with Crippen molar-refractivity contribution >= 4 is 16.3 Å². The fraction of sp³-hybridized carbons (Fsp3) is 0.176. The summed E-state index contributed by atoms with van der Waals surface area (Å²) in [5.74, 6) is 0.566. The lowest BCUT2D eigenvalue weighted by molar-refractivity contribution is 0.955. The lowest BCUT2D eigenvalue weighted by Crippen LogP contribution is -1.84. The second kappa shape index (κ2) is 3.89. The molecule has 1 atom stereocenters. The van der Waals surface area contributed by atoms with Crippen LogP contribution in [0.3, 0.4) is 0 Å². The first-order valence-electron chi connectivity index (χ1n) is 6.14. The molecule has 84 valence electrons.